The van der Waals surface area contributed by atoms with Gasteiger partial charge < -0.3 is 10.3 Å². The highest BCUT2D eigenvalue weighted by Gasteiger charge is 2.44. The summed E-state index contributed by atoms with van der Waals surface area (Å²) < 4.78 is 55.6. The van der Waals surface area contributed by atoms with Crippen molar-refractivity contribution < 1.29 is 39.9 Å². The molecule has 0 aliphatic carbocycles. The zero-order chi connectivity index (χ0) is 17.3. The van der Waals surface area contributed by atoms with Gasteiger partial charge in [-0.3, -0.25) is 9.11 Å². The zero-order valence-electron chi connectivity index (χ0n) is 12.1. The molecule has 0 amide bonds. The van der Waals surface area contributed by atoms with Crippen LogP contribution in [0.5, 0.6) is 0 Å². The van der Waals surface area contributed by atoms with Gasteiger partial charge in [0.2, 0.25) is 0 Å². The van der Waals surface area contributed by atoms with Crippen LogP contribution >= 0.6 is 0 Å². The molecule has 0 atom stereocenters. The van der Waals surface area contributed by atoms with E-state index in [4.69, 9.17) is 9.11 Å². The van der Waals surface area contributed by atoms with Crippen LogP contribution in [0.3, 0.4) is 0 Å². The molecule has 0 aromatic carbocycles. The Bertz CT molecular complexity index is 504. The minimum atomic E-state index is -5.12. The van der Waals surface area contributed by atoms with Gasteiger partial charge >= 0.3 is 20.8 Å². The van der Waals surface area contributed by atoms with Crippen LogP contribution in [0.15, 0.2) is 0 Å². The Hall–Kier alpha value is -0.340. The summed E-state index contributed by atoms with van der Waals surface area (Å²) in [6.45, 7) is 7.77. The molecule has 1 heterocycles. The van der Waals surface area contributed by atoms with Crippen LogP contribution in [0.25, 0.3) is 0 Å². The van der Waals surface area contributed by atoms with Crippen LogP contribution in [-0.4, -0.2) is 58.5 Å². The first-order chi connectivity index (χ1) is 8.96. The van der Waals surface area contributed by atoms with E-state index in [2.05, 4.69) is 3.63 Å². The Labute approximate surface area is 124 Å². The summed E-state index contributed by atoms with van der Waals surface area (Å²) in [7, 11) is -10.2. The lowest BCUT2D eigenvalue weighted by molar-refractivity contribution is -0.257. The normalized spacial score (nSPS) is 23.2. The Morgan fingerprint density at radius 3 is 1.43 bits per heavy atom. The van der Waals surface area contributed by atoms with E-state index in [9.17, 15) is 27.1 Å². The topological polar surface area (TPSA) is 162 Å². The number of rotatable bonds is 2. The lowest BCUT2D eigenvalue weighted by Crippen LogP contribution is -2.60. The molecule has 0 saturated carbocycles. The van der Waals surface area contributed by atoms with Gasteiger partial charge in [0, 0.05) is 11.1 Å². The van der Waals surface area contributed by atoms with Crippen LogP contribution in [0.1, 0.15) is 40.5 Å². The predicted molar refractivity (Wildman–Crippen MR) is 71.2 cm³/mol. The molecular formula is C9H21NO9S2. The van der Waals surface area contributed by atoms with E-state index in [0.29, 0.717) is 12.8 Å². The van der Waals surface area contributed by atoms with Crippen LogP contribution in [0.4, 0.5) is 0 Å². The monoisotopic (exact) mass is 351 g/mol. The number of nitrogens with zero attached hydrogens (tertiary/aromatic N) is 1. The zero-order valence-corrected chi connectivity index (χ0v) is 13.7. The summed E-state index contributed by atoms with van der Waals surface area (Å²) in [6, 6.07) is 0. The molecule has 0 unspecified atom stereocenters. The van der Waals surface area contributed by atoms with Crippen LogP contribution in [-0.2, 0) is 24.4 Å². The van der Waals surface area contributed by atoms with Crippen molar-refractivity contribution in [1.29, 1.82) is 0 Å². The van der Waals surface area contributed by atoms with E-state index >= 15 is 0 Å². The van der Waals surface area contributed by atoms with Gasteiger partial charge in [-0.1, -0.05) is 0 Å². The molecule has 4 N–H and O–H groups in total. The fourth-order valence-corrected chi connectivity index (χ4v) is 3.20. The highest BCUT2D eigenvalue weighted by molar-refractivity contribution is 7.94. The molecule has 1 saturated heterocycles. The van der Waals surface area contributed by atoms with Gasteiger partial charge in [-0.15, -0.1) is 3.63 Å². The largest absolute Gasteiger partial charge is 0.413 e. The number of piperidine rings is 1. The Morgan fingerprint density at radius 2 is 1.24 bits per heavy atom. The van der Waals surface area contributed by atoms with Gasteiger partial charge in [0.1, 0.15) is 0 Å². The van der Waals surface area contributed by atoms with Crippen molar-refractivity contribution in [2.24, 2.45) is 0 Å². The maximum atomic E-state index is 9.80. The Balaban J connectivity index is 0.000000400. The van der Waals surface area contributed by atoms with Crippen molar-refractivity contribution in [3.63, 3.8) is 0 Å². The number of aliphatic hydroxyl groups excluding tert-OH is 1. The van der Waals surface area contributed by atoms with Crippen LogP contribution in [0.2, 0.25) is 0 Å². The quantitative estimate of drug-likeness (QED) is 0.498. The number of hydrogen-bond acceptors (Lipinski definition) is 8. The molecule has 1 aliphatic rings. The smallest absolute Gasteiger partial charge is 0.393 e. The van der Waals surface area contributed by atoms with Gasteiger partial charge in [-0.2, -0.15) is 21.9 Å². The Morgan fingerprint density at radius 1 is 0.952 bits per heavy atom. The first kappa shape index (κ1) is 20.7. The summed E-state index contributed by atoms with van der Waals surface area (Å²) in [5.74, 6) is 0. The van der Waals surface area contributed by atoms with Crippen LogP contribution < -0.4 is 0 Å². The van der Waals surface area contributed by atoms with E-state index in [1.54, 1.807) is 0 Å². The van der Waals surface area contributed by atoms with Gasteiger partial charge in [0.05, 0.1) is 6.10 Å². The molecule has 10 nitrogen and oxygen atoms in total. The highest BCUT2D eigenvalue weighted by atomic mass is 32.3. The summed E-state index contributed by atoms with van der Waals surface area (Å²) in [5.41, 5.74) is -0.637. The molecular weight excluding hydrogens is 330 g/mol. The van der Waals surface area contributed by atoms with Crippen molar-refractivity contribution in [1.82, 2.24) is 5.06 Å². The third-order valence-electron chi connectivity index (χ3n) is 2.79. The first-order valence-corrected chi connectivity index (χ1v) is 8.52. The molecule has 0 bridgehead atoms. The van der Waals surface area contributed by atoms with E-state index in [1.165, 1.54) is 5.06 Å². The van der Waals surface area contributed by atoms with E-state index in [-0.39, 0.29) is 17.2 Å². The third kappa shape index (κ3) is 8.01. The van der Waals surface area contributed by atoms with Gasteiger partial charge in [-0.25, -0.2) is 0 Å². The molecule has 1 fully saturated rings. The second-order valence-electron chi connectivity index (χ2n) is 5.92. The van der Waals surface area contributed by atoms with Gasteiger partial charge in [-0.05, 0) is 40.5 Å². The summed E-state index contributed by atoms with van der Waals surface area (Å²) in [6.07, 6.45) is 0.971. The maximum absolute atomic E-state index is 9.80. The summed E-state index contributed by atoms with van der Waals surface area (Å²) in [4.78, 5) is 0. The molecule has 128 valence electrons. The number of aliphatic hydroxyl groups is 1. The van der Waals surface area contributed by atoms with Crippen molar-refractivity contribution in [2.45, 2.75) is 57.7 Å². The molecule has 1 aliphatic heterocycles. The lowest BCUT2D eigenvalue weighted by Gasteiger charge is -2.50. The van der Waals surface area contributed by atoms with Crippen LogP contribution in [0, 0.1) is 0 Å². The second-order valence-corrected chi connectivity index (χ2v) is 8.18. The van der Waals surface area contributed by atoms with E-state index in [1.807, 2.05) is 27.7 Å². The van der Waals surface area contributed by atoms with Crippen molar-refractivity contribution >= 4 is 20.8 Å². The van der Waals surface area contributed by atoms with Crippen molar-refractivity contribution in [3.8, 4) is 0 Å². The molecule has 0 aromatic heterocycles. The SMILES string of the molecule is CC1(C)CC(O)CC(C)(C)N1O.O=S(=O)(O)OS(=O)(=O)O. The average Bonchev–Trinajstić information content (AvgIpc) is 2.06. The van der Waals surface area contributed by atoms with Gasteiger partial charge in [0.25, 0.3) is 0 Å². The molecule has 0 radical (unpaired) electrons. The number of hydrogen-bond donors (Lipinski definition) is 4. The standard InChI is InChI=1S/C9H19NO2.H2O7S2/c1-8(2)5-7(11)6-9(3,4)10(8)12;1-8(2,3)7-9(4,5)6/h7,11-12H,5-6H2,1-4H3;(H,1,2,3)(H,4,5,6). The maximum Gasteiger partial charge on any atom is 0.413 e. The minimum Gasteiger partial charge on any atom is -0.393 e. The van der Waals surface area contributed by atoms with Gasteiger partial charge in [0.15, 0.2) is 0 Å². The van der Waals surface area contributed by atoms with E-state index < -0.39 is 20.8 Å². The Kier molecular flexibility index (Phi) is 6.31. The molecule has 1 rings (SSSR count). The summed E-state index contributed by atoms with van der Waals surface area (Å²) >= 11 is 0. The predicted octanol–water partition coefficient (Wildman–Crippen LogP) is -0.00190. The third-order valence-corrected chi connectivity index (χ3v) is 4.16. The fraction of sp³-hybridized carbons (Fsp3) is 1.00. The molecule has 21 heavy (non-hydrogen) atoms. The highest BCUT2D eigenvalue weighted by Crippen LogP contribution is 2.36. The molecule has 0 aromatic rings. The van der Waals surface area contributed by atoms with Crippen molar-refractivity contribution in [2.75, 3.05) is 0 Å². The second kappa shape index (κ2) is 6.42. The summed E-state index contributed by atoms with van der Waals surface area (Å²) in [5, 5.41) is 20.7. The average molecular weight is 351 g/mol. The lowest BCUT2D eigenvalue weighted by atomic mass is 9.80. The fourth-order valence-electron chi connectivity index (χ4n) is 2.33. The first-order valence-electron chi connectivity index (χ1n) is 5.79. The molecule has 12 heteroatoms. The molecule has 0 spiro atoms. The van der Waals surface area contributed by atoms with Crippen molar-refractivity contribution in [3.05, 3.63) is 0 Å². The number of hydroxylamine groups is 2. The van der Waals surface area contributed by atoms with E-state index in [0.717, 1.165) is 0 Å². The minimum absolute atomic E-state index is 0.293.